The monoisotopic (exact) mass is 607 g/mol. The average Bonchev–Trinajstić information content (AvgIpc) is 2.85. The first-order valence-electron chi connectivity index (χ1n) is 10.8. The molecule has 2 bridgehead atoms. The number of fused-ring (bicyclic) bond motifs is 2. The smallest absolute Gasteiger partial charge is 0.308 e. The van der Waals surface area contributed by atoms with Crippen LogP contribution in [0.4, 0.5) is 0 Å². The second kappa shape index (κ2) is 12.6. The highest BCUT2D eigenvalue weighted by atomic mass is 79.9. The first kappa shape index (κ1) is 30.1. The minimum absolute atomic E-state index is 0. The fourth-order valence-electron chi connectivity index (χ4n) is 5.01. The quantitative estimate of drug-likeness (QED) is 0.251. The van der Waals surface area contributed by atoms with E-state index in [1.54, 1.807) is 12.1 Å². The van der Waals surface area contributed by atoms with Crippen LogP contribution >= 0.6 is 34.0 Å². The Bertz CT molecular complexity index is 908. The molecular weight excluding hydrogens is 578 g/mol. The number of rotatable bonds is 8. The van der Waals surface area contributed by atoms with Gasteiger partial charge in [-0.05, 0) is 24.6 Å². The van der Waals surface area contributed by atoms with E-state index >= 15 is 0 Å². The molecule has 0 radical (unpaired) electrons. The van der Waals surface area contributed by atoms with Crippen LogP contribution in [0, 0.1) is 0 Å². The predicted octanol–water partition coefficient (Wildman–Crippen LogP) is 2.41. The van der Waals surface area contributed by atoms with Gasteiger partial charge in [-0.15, -0.1) is 34.0 Å². The van der Waals surface area contributed by atoms with Gasteiger partial charge in [0.05, 0.1) is 25.6 Å². The molecule has 11 heteroatoms. The lowest BCUT2D eigenvalue weighted by Crippen LogP contribution is -2.58. The second-order valence-corrected chi connectivity index (χ2v) is 8.81. The normalized spacial score (nSPS) is 24.7. The van der Waals surface area contributed by atoms with Gasteiger partial charge in [0.1, 0.15) is 12.6 Å². The molecule has 3 rings (SSSR count). The number of carboxylic acid groups (broad SMARTS) is 1. The molecule has 1 aromatic carbocycles. The number of carbonyl (C=O) groups excluding carboxylic acids is 4. The number of piperidine rings is 1. The molecule has 0 aromatic heterocycles. The molecule has 190 valence electrons. The number of ether oxygens (including phenoxy) is 3. The van der Waals surface area contributed by atoms with Crippen LogP contribution in [0.15, 0.2) is 18.2 Å². The van der Waals surface area contributed by atoms with E-state index in [0.717, 1.165) is 22.9 Å². The maximum atomic E-state index is 11.9. The summed E-state index contributed by atoms with van der Waals surface area (Å²) in [4.78, 5) is 45.3. The summed E-state index contributed by atoms with van der Waals surface area (Å²) in [6.07, 6.45) is 2.73. The molecule has 0 saturated carbocycles. The Morgan fingerprint density at radius 3 is 2.03 bits per heavy atom. The molecule has 2 aliphatic rings. The van der Waals surface area contributed by atoms with Crippen LogP contribution in [0.2, 0.25) is 0 Å². The van der Waals surface area contributed by atoms with Crippen molar-refractivity contribution in [1.82, 2.24) is 0 Å². The molecule has 2 aliphatic heterocycles. The minimum Gasteiger partial charge on any atom is -0.550 e. The predicted molar refractivity (Wildman–Crippen MR) is 130 cm³/mol. The van der Waals surface area contributed by atoms with Crippen molar-refractivity contribution < 1.29 is 43.0 Å². The van der Waals surface area contributed by atoms with Gasteiger partial charge in [0.2, 0.25) is 0 Å². The minimum atomic E-state index is -1.26. The van der Waals surface area contributed by atoms with Crippen LogP contribution in [0.5, 0.6) is 11.5 Å². The number of hydrogen-bond donors (Lipinski definition) is 0. The lowest BCUT2D eigenvalue weighted by Gasteiger charge is -2.47. The van der Waals surface area contributed by atoms with E-state index in [2.05, 4.69) is 7.05 Å². The summed E-state index contributed by atoms with van der Waals surface area (Å²) in [5, 5.41) is 10.6. The topological polar surface area (TPSA) is 119 Å². The maximum Gasteiger partial charge on any atom is 0.308 e. The Morgan fingerprint density at radius 2 is 1.50 bits per heavy atom. The van der Waals surface area contributed by atoms with Gasteiger partial charge in [0.15, 0.2) is 11.5 Å². The summed E-state index contributed by atoms with van der Waals surface area (Å²) < 4.78 is 16.7. The molecule has 2 fully saturated rings. The molecular formula is C23H31Br2NO8. The Labute approximate surface area is 219 Å². The first-order valence-corrected chi connectivity index (χ1v) is 10.8. The van der Waals surface area contributed by atoms with Crippen molar-refractivity contribution in [3.8, 4) is 11.5 Å². The largest absolute Gasteiger partial charge is 0.550 e. The van der Waals surface area contributed by atoms with E-state index in [1.807, 2.05) is 6.07 Å². The van der Waals surface area contributed by atoms with Gasteiger partial charge >= 0.3 is 17.9 Å². The van der Waals surface area contributed by atoms with Crippen LogP contribution in [0.3, 0.4) is 0 Å². The number of nitrogens with zero attached hydrogens (tertiary/aromatic N) is 1. The molecule has 34 heavy (non-hydrogen) atoms. The number of aliphatic carboxylic acids is 1. The number of halogens is 2. The molecule has 2 unspecified atom stereocenters. The molecule has 0 amide bonds. The molecule has 4 atom stereocenters. The van der Waals surface area contributed by atoms with Crippen molar-refractivity contribution in [3.63, 3.8) is 0 Å². The van der Waals surface area contributed by atoms with Crippen LogP contribution < -0.4 is 14.6 Å². The molecule has 2 heterocycles. The number of carboxylic acids is 1. The standard InChI is InChI=1S/C23H29NO8.2BrH/c1-14(25)30-20-7-4-16(10-21(20)31-15(2)26)13-24(3)17-5-6-18(24)12-19(11-17)32-23(29)9-8-22(27)28;;/h4,7,10,17-19H,5-6,8-9,11-13H2,1-3H3;2*1H/t17-,18+,19?,24?;;. The second-order valence-electron chi connectivity index (χ2n) is 8.81. The van der Waals surface area contributed by atoms with E-state index in [0.29, 0.717) is 19.4 Å². The summed E-state index contributed by atoms with van der Waals surface area (Å²) in [6, 6.07) is 5.81. The Balaban J connectivity index is 0.00000289. The first-order chi connectivity index (χ1) is 15.1. The summed E-state index contributed by atoms with van der Waals surface area (Å²) in [5.74, 6) is -2.36. The third-order valence-corrected chi connectivity index (χ3v) is 6.44. The third kappa shape index (κ3) is 7.51. The van der Waals surface area contributed by atoms with Gasteiger partial charge in [-0.25, -0.2) is 0 Å². The average molecular weight is 609 g/mol. The van der Waals surface area contributed by atoms with Crippen molar-refractivity contribution in [2.45, 2.75) is 77.1 Å². The van der Waals surface area contributed by atoms with Crippen molar-refractivity contribution in [2.75, 3.05) is 7.05 Å². The zero-order valence-electron chi connectivity index (χ0n) is 19.4. The van der Waals surface area contributed by atoms with Crippen LogP contribution in [0.1, 0.15) is 57.9 Å². The van der Waals surface area contributed by atoms with Crippen LogP contribution in [0.25, 0.3) is 0 Å². The van der Waals surface area contributed by atoms with Crippen molar-refractivity contribution in [3.05, 3.63) is 23.8 Å². The summed E-state index contributed by atoms with van der Waals surface area (Å²) in [7, 11) is 2.18. The summed E-state index contributed by atoms with van der Waals surface area (Å²) >= 11 is 0. The molecule has 0 spiro atoms. The van der Waals surface area contributed by atoms with Gasteiger partial charge in [0, 0.05) is 51.1 Å². The summed E-state index contributed by atoms with van der Waals surface area (Å²) in [5.41, 5.74) is 0.945. The van der Waals surface area contributed by atoms with Crippen molar-refractivity contribution in [1.29, 1.82) is 0 Å². The molecule has 0 aliphatic carbocycles. The van der Waals surface area contributed by atoms with E-state index < -0.39 is 23.9 Å². The fourth-order valence-corrected chi connectivity index (χ4v) is 5.01. The van der Waals surface area contributed by atoms with Gasteiger partial charge < -0.3 is 28.6 Å². The highest BCUT2D eigenvalue weighted by Crippen LogP contribution is 2.44. The van der Waals surface area contributed by atoms with Gasteiger partial charge in [-0.1, -0.05) is 0 Å². The lowest BCUT2D eigenvalue weighted by atomic mass is 9.95. The van der Waals surface area contributed by atoms with Crippen LogP contribution in [-0.4, -0.2) is 53.6 Å². The van der Waals surface area contributed by atoms with Gasteiger partial charge in [0.25, 0.3) is 0 Å². The third-order valence-electron chi connectivity index (χ3n) is 6.44. The molecule has 1 aromatic rings. The number of esters is 3. The molecule has 9 nitrogen and oxygen atoms in total. The zero-order chi connectivity index (χ0) is 23.5. The van der Waals surface area contributed by atoms with E-state index in [1.165, 1.54) is 13.8 Å². The Kier molecular flexibility index (Phi) is 11.2. The zero-order valence-corrected chi connectivity index (χ0v) is 22.9. The van der Waals surface area contributed by atoms with Crippen molar-refractivity contribution >= 4 is 57.8 Å². The van der Waals surface area contributed by atoms with Crippen LogP contribution in [-0.2, 0) is 30.5 Å². The SMILES string of the molecule is Br.Br.CC(=O)Oc1ccc(C[N+]2(C)[C@@H]3CC[C@H]2CC(OC(=O)CCC(=O)[O-])C3)cc1OC(C)=O. The number of benzene rings is 1. The lowest BCUT2D eigenvalue weighted by molar-refractivity contribution is -0.961. The van der Waals surface area contributed by atoms with Crippen molar-refractivity contribution in [2.24, 2.45) is 0 Å². The molecule has 0 N–H and O–H groups in total. The van der Waals surface area contributed by atoms with E-state index in [4.69, 9.17) is 14.2 Å². The number of carbonyl (C=O) groups is 4. The maximum absolute atomic E-state index is 11.9. The van der Waals surface area contributed by atoms with E-state index in [-0.39, 0.29) is 76.5 Å². The van der Waals surface area contributed by atoms with E-state index in [9.17, 15) is 24.3 Å². The highest BCUT2D eigenvalue weighted by Gasteiger charge is 2.52. The summed E-state index contributed by atoms with van der Waals surface area (Å²) in [6.45, 7) is 3.26. The Hall–Kier alpha value is -1.98. The van der Waals surface area contributed by atoms with Gasteiger partial charge in [-0.2, -0.15) is 0 Å². The fraction of sp³-hybridized carbons (Fsp3) is 0.565. The number of quaternary nitrogens is 1. The number of hydrogen-bond acceptors (Lipinski definition) is 8. The molecule has 2 saturated heterocycles. The van der Waals surface area contributed by atoms with Gasteiger partial charge in [-0.3, -0.25) is 14.4 Å². The highest BCUT2D eigenvalue weighted by molar-refractivity contribution is 8.93. The Morgan fingerprint density at radius 1 is 0.941 bits per heavy atom.